The minimum absolute atomic E-state index is 0.218. The second-order valence-corrected chi connectivity index (χ2v) is 7.19. The van der Waals surface area contributed by atoms with Gasteiger partial charge in [0, 0.05) is 10.4 Å². The summed E-state index contributed by atoms with van der Waals surface area (Å²) < 4.78 is 5.14. The van der Waals surface area contributed by atoms with Gasteiger partial charge in [-0.2, -0.15) is 0 Å². The molecule has 2 aromatic rings. The third kappa shape index (κ3) is 2.62. The molecule has 0 saturated carbocycles. The molecule has 4 amide bonds. The predicted molar refractivity (Wildman–Crippen MR) is 89.7 cm³/mol. The Morgan fingerprint density at radius 2 is 2.28 bits per heavy atom. The average Bonchev–Trinajstić information content (AvgIpc) is 3.32. The maximum Gasteiger partial charge on any atom is 0.325 e. The SMILES string of the molecule is O=C(CN1C(=O)N[C@]2(CCCc3sccc32)C1=O)NCc1ccco1. The largest absolute Gasteiger partial charge is 0.467 e. The van der Waals surface area contributed by atoms with Crippen LogP contribution in [0, 0.1) is 0 Å². The Morgan fingerprint density at radius 3 is 3.08 bits per heavy atom. The molecular weight excluding hydrogens is 342 g/mol. The summed E-state index contributed by atoms with van der Waals surface area (Å²) in [4.78, 5) is 39.6. The number of carbonyl (C=O) groups is 3. The first-order valence-corrected chi connectivity index (χ1v) is 8.98. The van der Waals surface area contributed by atoms with Crippen molar-refractivity contribution in [1.82, 2.24) is 15.5 Å². The zero-order chi connectivity index (χ0) is 17.4. The van der Waals surface area contributed by atoms with Gasteiger partial charge in [0.05, 0.1) is 12.8 Å². The predicted octanol–water partition coefficient (Wildman–Crippen LogP) is 1.74. The molecule has 2 aliphatic rings. The van der Waals surface area contributed by atoms with Crippen LogP contribution in [0.4, 0.5) is 4.79 Å². The molecule has 0 unspecified atom stereocenters. The number of hydrogen-bond donors (Lipinski definition) is 2. The van der Waals surface area contributed by atoms with E-state index in [0.717, 1.165) is 28.2 Å². The normalized spacial score (nSPS) is 22.2. The Balaban J connectivity index is 1.48. The monoisotopic (exact) mass is 359 g/mol. The standard InChI is InChI=1S/C17H17N3O4S/c21-14(18-9-11-3-2-7-24-11)10-20-15(22)17(19-16(20)23)6-1-4-13-12(17)5-8-25-13/h2-3,5,7-8H,1,4,6,9-10H2,(H,18,21)(H,19,23)/t17-/m0/s1. The molecule has 0 bridgehead atoms. The number of hydrogen-bond acceptors (Lipinski definition) is 5. The van der Waals surface area contributed by atoms with Gasteiger partial charge in [-0.1, -0.05) is 0 Å². The number of nitrogens with zero attached hydrogens (tertiary/aromatic N) is 1. The van der Waals surface area contributed by atoms with Crippen LogP contribution in [0.2, 0.25) is 0 Å². The maximum absolute atomic E-state index is 13.0. The van der Waals surface area contributed by atoms with Crippen LogP contribution in [-0.2, 0) is 28.1 Å². The van der Waals surface area contributed by atoms with Crippen LogP contribution < -0.4 is 10.6 Å². The second kappa shape index (κ2) is 6.03. The van der Waals surface area contributed by atoms with Gasteiger partial charge in [-0.3, -0.25) is 14.5 Å². The lowest BCUT2D eigenvalue weighted by molar-refractivity contribution is -0.135. The van der Waals surface area contributed by atoms with Crippen LogP contribution in [0.5, 0.6) is 0 Å². The summed E-state index contributed by atoms with van der Waals surface area (Å²) in [6.07, 6.45) is 3.83. The minimum Gasteiger partial charge on any atom is -0.467 e. The lowest BCUT2D eigenvalue weighted by Gasteiger charge is -2.31. The third-order valence-corrected chi connectivity index (χ3v) is 5.66. The molecule has 1 saturated heterocycles. The summed E-state index contributed by atoms with van der Waals surface area (Å²) in [5.41, 5.74) is -0.132. The number of thiophene rings is 1. The van der Waals surface area contributed by atoms with Crippen molar-refractivity contribution in [1.29, 1.82) is 0 Å². The van der Waals surface area contributed by atoms with E-state index in [1.54, 1.807) is 23.5 Å². The van der Waals surface area contributed by atoms with Crippen molar-refractivity contribution in [3.8, 4) is 0 Å². The fourth-order valence-corrected chi connectivity index (χ4v) is 4.48. The van der Waals surface area contributed by atoms with Gasteiger partial charge >= 0.3 is 6.03 Å². The zero-order valence-electron chi connectivity index (χ0n) is 13.4. The van der Waals surface area contributed by atoms with E-state index >= 15 is 0 Å². The highest BCUT2D eigenvalue weighted by molar-refractivity contribution is 7.10. The Morgan fingerprint density at radius 1 is 1.40 bits per heavy atom. The smallest absolute Gasteiger partial charge is 0.325 e. The highest BCUT2D eigenvalue weighted by atomic mass is 32.1. The van der Waals surface area contributed by atoms with E-state index in [1.807, 2.05) is 11.4 Å². The number of amides is 4. The van der Waals surface area contributed by atoms with Crippen molar-refractivity contribution >= 4 is 29.2 Å². The van der Waals surface area contributed by atoms with E-state index in [4.69, 9.17) is 4.42 Å². The van der Waals surface area contributed by atoms with Crippen molar-refractivity contribution < 1.29 is 18.8 Å². The van der Waals surface area contributed by atoms with Crippen molar-refractivity contribution in [2.75, 3.05) is 6.54 Å². The van der Waals surface area contributed by atoms with E-state index < -0.39 is 17.5 Å². The van der Waals surface area contributed by atoms with Gasteiger partial charge in [0.2, 0.25) is 5.91 Å². The van der Waals surface area contributed by atoms with Crippen molar-refractivity contribution in [3.05, 3.63) is 46.0 Å². The Labute approximate surface area is 148 Å². The van der Waals surface area contributed by atoms with E-state index in [-0.39, 0.29) is 19.0 Å². The van der Waals surface area contributed by atoms with Gasteiger partial charge in [-0.05, 0) is 42.8 Å². The minimum atomic E-state index is -1.01. The molecule has 1 aliphatic heterocycles. The topological polar surface area (TPSA) is 91.7 Å². The van der Waals surface area contributed by atoms with Crippen LogP contribution in [0.1, 0.15) is 29.0 Å². The summed E-state index contributed by atoms with van der Waals surface area (Å²) in [6.45, 7) is -0.0814. The molecule has 0 radical (unpaired) electrons. The van der Waals surface area contributed by atoms with Gasteiger partial charge in [0.25, 0.3) is 5.91 Å². The summed E-state index contributed by atoms with van der Waals surface area (Å²) in [5.74, 6) is -0.138. The van der Waals surface area contributed by atoms with Crippen LogP contribution in [-0.4, -0.2) is 29.3 Å². The molecule has 130 valence electrons. The fraction of sp³-hybridized carbons (Fsp3) is 0.353. The Kier molecular flexibility index (Phi) is 3.84. The molecule has 8 heteroatoms. The van der Waals surface area contributed by atoms with E-state index in [9.17, 15) is 14.4 Å². The van der Waals surface area contributed by atoms with Crippen LogP contribution in [0.3, 0.4) is 0 Å². The molecule has 1 atom stereocenters. The molecule has 1 spiro atoms. The van der Waals surface area contributed by atoms with E-state index in [0.29, 0.717) is 12.2 Å². The first-order valence-electron chi connectivity index (χ1n) is 8.10. The number of fused-ring (bicyclic) bond motifs is 2. The summed E-state index contributed by atoms with van der Waals surface area (Å²) >= 11 is 1.60. The van der Waals surface area contributed by atoms with Gasteiger partial charge in [0.1, 0.15) is 17.8 Å². The maximum atomic E-state index is 13.0. The molecule has 4 rings (SSSR count). The van der Waals surface area contributed by atoms with Crippen LogP contribution in [0.25, 0.3) is 0 Å². The average molecular weight is 359 g/mol. The lowest BCUT2D eigenvalue weighted by Crippen LogP contribution is -2.46. The summed E-state index contributed by atoms with van der Waals surface area (Å²) in [7, 11) is 0. The van der Waals surface area contributed by atoms with Crippen LogP contribution >= 0.6 is 11.3 Å². The Bertz CT molecular complexity index is 829. The number of furan rings is 1. The number of rotatable bonds is 4. The first-order chi connectivity index (χ1) is 12.1. The molecule has 2 N–H and O–H groups in total. The molecular formula is C17H17N3O4S. The highest BCUT2D eigenvalue weighted by Gasteiger charge is 2.54. The number of imide groups is 1. The van der Waals surface area contributed by atoms with Crippen molar-refractivity contribution in [2.45, 2.75) is 31.3 Å². The van der Waals surface area contributed by atoms with Gasteiger partial charge in [-0.25, -0.2) is 4.79 Å². The second-order valence-electron chi connectivity index (χ2n) is 6.19. The molecule has 7 nitrogen and oxygen atoms in total. The number of urea groups is 1. The molecule has 3 heterocycles. The van der Waals surface area contributed by atoms with E-state index in [1.165, 1.54) is 6.26 Å². The molecule has 1 fully saturated rings. The van der Waals surface area contributed by atoms with Gasteiger partial charge in [0.15, 0.2) is 0 Å². The first kappa shape index (κ1) is 15.9. The van der Waals surface area contributed by atoms with E-state index in [2.05, 4.69) is 10.6 Å². The zero-order valence-corrected chi connectivity index (χ0v) is 14.2. The molecule has 1 aliphatic carbocycles. The number of aryl methyl sites for hydroxylation is 1. The van der Waals surface area contributed by atoms with Gasteiger partial charge < -0.3 is 15.1 Å². The number of carbonyl (C=O) groups excluding carboxylic acids is 3. The molecule has 25 heavy (non-hydrogen) atoms. The van der Waals surface area contributed by atoms with Crippen molar-refractivity contribution in [2.24, 2.45) is 0 Å². The van der Waals surface area contributed by atoms with Crippen LogP contribution in [0.15, 0.2) is 34.3 Å². The quantitative estimate of drug-likeness (QED) is 0.814. The number of nitrogens with one attached hydrogen (secondary N) is 2. The molecule has 0 aromatic carbocycles. The summed E-state index contributed by atoms with van der Waals surface area (Å²) in [6, 6.07) is 4.85. The fourth-order valence-electron chi connectivity index (χ4n) is 3.48. The Hall–Kier alpha value is -2.61. The van der Waals surface area contributed by atoms with Crippen molar-refractivity contribution in [3.63, 3.8) is 0 Å². The third-order valence-electron chi connectivity index (χ3n) is 4.68. The van der Waals surface area contributed by atoms with Gasteiger partial charge in [-0.15, -0.1) is 11.3 Å². The summed E-state index contributed by atoms with van der Waals surface area (Å²) in [5, 5.41) is 7.43. The lowest BCUT2D eigenvalue weighted by atomic mass is 9.80. The highest BCUT2D eigenvalue weighted by Crippen LogP contribution is 2.41. The molecule has 2 aromatic heterocycles.